The van der Waals surface area contributed by atoms with Gasteiger partial charge in [0, 0.05) is 11.1 Å². The molecule has 0 bridgehead atoms. The van der Waals surface area contributed by atoms with Gasteiger partial charge < -0.3 is 8.94 Å². The van der Waals surface area contributed by atoms with Gasteiger partial charge in [-0.05, 0) is 32.9 Å². The van der Waals surface area contributed by atoms with Crippen molar-refractivity contribution in [2.75, 3.05) is 0 Å². The fourth-order valence-corrected chi connectivity index (χ4v) is 3.49. The molecule has 0 aliphatic carbocycles. The monoisotopic (exact) mass is 378 g/mol. The van der Waals surface area contributed by atoms with Crippen LogP contribution in [-0.4, -0.2) is 20.3 Å². The molecule has 7 heteroatoms. The van der Waals surface area contributed by atoms with Gasteiger partial charge in [-0.15, -0.1) is 10.2 Å². The lowest BCUT2D eigenvalue weighted by Crippen LogP contribution is -1.89. The fourth-order valence-electron chi connectivity index (χ4n) is 2.78. The summed E-state index contributed by atoms with van der Waals surface area (Å²) < 4.78 is 11.2. The van der Waals surface area contributed by atoms with Gasteiger partial charge in [0.1, 0.15) is 0 Å². The average Bonchev–Trinajstić information content (AvgIpc) is 3.31. The zero-order chi connectivity index (χ0) is 18.8. The summed E-state index contributed by atoms with van der Waals surface area (Å²) in [7, 11) is 0. The van der Waals surface area contributed by atoms with E-state index in [1.165, 1.54) is 11.8 Å². The normalized spacial score (nSPS) is 12.3. The van der Waals surface area contributed by atoms with Crippen molar-refractivity contribution in [1.82, 2.24) is 20.3 Å². The van der Waals surface area contributed by atoms with E-state index in [4.69, 9.17) is 8.94 Å². The Kier molecular flexibility index (Phi) is 4.77. The molecule has 27 heavy (non-hydrogen) atoms. The average molecular weight is 378 g/mol. The lowest BCUT2D eigenvalue weighted by Gasteiger charge is -2.02. The van der Waals surface area contributed by atoms with Gasteiger partial charge in [0.05, 0.1) is 5.25 Å². The molecule has 6 nitrogen and oxygen atoms in total. The molecule has 0 radical (unpaired) electrons. The molecule has 4 aromatic rings. The topological polar surface area (TPSA) is 77.8 Å². The highest BCUT2D eigenvalue weighted by atomic mass is 32.2. The van der Waals surface area contributed by atoms with E-state index < -0.39 is 0 Å². The molecule has 4 rings (SSSR count). The lowest BCUT2D eigenvalue weighted by atomic mass is 10.1. The van der Waals surface area contributed by atoms with E-state index in [-0.39, 0.29) is 5.25 Å². The predicted octanol–water partition coefficient (Wildman–Crippen LogP) is 5.26. The van der Waals surface area contributed by atoms with E-state index in [0.717, 1.165) is 22.3 Å². The van der Waals surface area contributed by atoms with Crippen LogP contribution in [0, 0.1) is 13.8 Å². The van der Waals surface area contributed by atoms with Crippen LogP contribution in [0.2, 0.25) is 0 Å². The maximum Gasteiger partial charge on any atom is 0.277 e. The zero-order valence-electron chi connectivity index (χ0n) is 15.2. The first-order valence-corrected chi connectivity index (χ1v) is 9.44. The molecule has 0 fully saturated rings. The van der Waals surface area contributed by atoms with Crippen LogP contribution in [0.5, 0.6) is 0 Å². The molecule has 2 heterocycles. The maximum atomic E-state index is 5.81. The van der Waals surface area contributed by atoms with Crippen molar-refractivity contribution in [2.45, 2.75) is 31.2 Å². The van der Waals surface area contributed by atoms with Crippen molar-refractivity contribution >= 4 is 11.8 Å². The summed E-state index contributed by atoms with van der Waals surface area (Å²) in [6.07, 6.45) is 0. The van der Waals surface area contributed by atoms with Crippen LogP contribution >= 0.6 is 11.8 Å². The Labute approximate surface area is 161 Å². The second-order valence-corrected chi connectivity index (χ2v) is 7.62. The molecule has 0 aliphatic heterocycles. The Morgan fingerprint density at radius 3 is 2.41 bits per heavy atom. The molecule has 0 saturated heterocycles. The summed E-state index contributed by atoms with van der Waals surface area (Å²) in [5, 5.41) is 12.7. The number of benzene rings is 2. The Hall–Kier alpha value is -2.93. The summed E-state index contributed by atoms with van der Waals surface area (Å²) >= 11 is 1.39. The van der Waals surface area contributed by atoms with Gasteiger partial charge in [-0.1, -0.05) is 64.4 Å². The van der Waals surface area contributed by atoms with Gasteiger partial charge >= 0.3 is 0 Å². The molecule has 0 saturated carbocycles. The number of rotatable bonds is 5. The Morgan fingerprint density at radius 1 is 0.926 bits per heavy atom. The van der Waals surface area contributed by atoms with E-state index in [9.17, 15) is 0 Å². The van der Waals surface area contributed by atoms with Crippen molar-refractivity contribution in [2.24, 2.45) is 0 Å². The molecule has 0 unspecified atom stereocenters. The lowest BCUT2D eigenvalue weighted by molar-refractivity contribution is 0.379. The molecule has 2 aromatic heterocycles. The minimum absolute atomic E-state index is 0.109. The quantitative estimate of drug-likeness (QED) is 0.438. The molecule has 2 aromatic carbocycles. The number of nitrogens with zero attached hydrogens (tertiary/aromatic N) is 4. The maximum absolute atomic E-state index is 5.81. The van der Waals surface area contributed by atoms with Gasteiger partial charge in [-0.2, -0.15) is 4.98 Å². The van der Waals surface area contributed by atoms with Crippen molar-refractivity contribution < 1.29 is 8.94 Å². The Morgan fingerprint density at radius 2 is 1.67 bits per heavy atom. The van der Waals surface area contributed by atoms with Gasteiger partial charge in [0.25, 0.3) is 5.22 Å². The van der Waals surface area contributed by atoms with Crippen LogP contribution in [0.25, 0.3) is 22.8 Å². The van der Waals surface area contributed by atoms with Crippen LogP contribution in [-0.2, 0) is 0 Å². The largest absolute Gasteiger partial charge is 0.411 e. The molecule has 136 valence electrons. The van der Waals surface area contributed by atoms with E-state index in [1.54, 1.807) is 0 Å². The van der Waals surface area contributed by atoms with E-state index in [2.05, 4.69) is 26.4 Å². The number of aromatic nitrogens is 4. The zero-order valence-corrected chi connectivity index (χ0v) is 16.0. The third kappa shape index (κ3) is 3.93. The first kappa shape index (κ1) is 17.5. The van der Waals surface area contributed by atoms with Crippen LogP contribution < -0.4 is 0 Å². The molecule has 0 N–H and O–H groups in total. The van der Waals surface area contributed by atoms with Gasteiger partial charge in [0.15, 0.2) is 0 Å². The first-order chi connectivity index (χ1) is 13.1. The van der Waals surface area contributed by atoms with Crippen LogP contribution in [0.15, 0.2) is 62.7 Å². The van der Waals surface area contributed by atoms with Crippen LogP contribution in [0.4, 0.5) is 0 Å². The van der Waals surface area contributed by atoms with Crippen LogP contribution in [0.1, 0.15) is 29.2 Å². The third-order valence-electron chi connectivity index (χ3n) is 3.97. The highest BCUT2D eigenvalue weighted by Crippen LogP contribution is 2.35. The SMILES string of the molecule is Cc1cc(C)cc(-c2nnc(S[C@H](C)c3nc(-c4ccccc4)no3)o2)c1. The second kappa shape index (κ2) is 7.36. The third-order valence-corrected chi connectivity index (χ3v) is 4.90. The number of aryl methyl sites for hydroxylation is 2. The van der Waals surface area contributed by atoms with Crippen molar-refractivity contribution in [3.63, 3.8) is 0 Å². The molecule has 1 atom stereocenters. The van der Waals surface area contributed by atoms with Crippen LogP contribution in [0.3, 0.4) is 0 Å². The second-order valence-electron chi connectivity index (χ2n) is 6.33. The minimum Gasteiger partial charge on any atom is -0.411 e. The number of hydrogen-bond donors (Lipinski definition) is 0. The molecular weight excluding hydrogens is 360 g/mol. The first-order valence-electron chi connectivity index (χ1n) is 8.56. The van der Waals surface area contributed by atoms with Gasteiger partial charge in [0.2, 0.25) is 17.6 Å². The standard InChI is InChI=1S/C20H18N4O2S/c1-12-9-13(2)11-16(10-12)19-22-23-20(25-19)27-14(3)18-21-17(24-26-18)15-7-5-4-6-8-15/h4-11,14H,1-3H3/t14-/m1/s1. The summed E-state index contributed by atoms with van der Waals surface area (Å²) in [5.74, 6) is 1.59. The van der Waals surface area contributed by atoms with Crippen molar-refractivity contribution in [1.29, 1.82) is 0 Å². The smallest absolute Gasteiger partial charge is 0.277 e. The molecule has 0 spiro atoms. The highest BCUT2D eigenvalue weighted by molar-refractivity contribution is 7.99. The van der Waals surface area contributed by atoms with Gasteiger partial charge in [-0.3, -0.25) is 0 Å². The van der Waals surface area contributed by atoms with E-state index in [1.807, 2.05) is 63.2 Å². The molecule has 0 aliphatic rings. The summed E-state index contributed by atoms with van der Waals surface area (Å²) in [4.78, 5) is 4.48. The minimum atomic E-state index is -0.109. The number of hydrogen-bond acceptors (Lipinski definition) is 7. The Balaban J connectivity index is 1.50. The molecule has 0 amide bonds. The Bertz CT molecular complexity index is 1040. The van der Waals surface area contributed by atoms with Gasteiger partial charge in [-0.25, -0.2) is 0 Å². The predicted molar refractivity (Wildman–Crippen MR) is 103 cm³/mol. The highest BCUT2D eigenvalue weighted by Gasteiger charge is 2.20. The summed E-state index contributed by atoms with van der Waals surface area (Å²) in [5.41, 5.74) is 4.15. The summed E-state index contributed by atoms with van der Waals surface area (Å²) in [6, 6.07) is 15.9. The van der Waals surface area contributed by atoms with Crippen molar-refractivity contribution in [3.05, 3.63) is 65.5 Å². The van der Waals surface area contributed by atoms with Crippen molar-refractivity contribution in [3.8, 4) is 22.8 Å². The number of thioether (sulfide) groups is 1. The van der Waals surface area contributed by atoms with E-state index >= 15 is 0 Å². The fraction of sp³-hybridized carbons (Fsp3) is 0.200. The van der Waals surface area contributed by atoms with E-state index in [0.29, 0.717) is 22.8 Å². The molecular formula is C20H18N4O2S. The summed E-state index contributed by atoms with van der Waals surface area (Å²) in [6.45, 7) is 6.06.